The minimum Gasteiger partial charge on any atom is -0.378 e. The molecule has 0 radical (unpaired) electrons. The molecule has 104 valence electrons. The summed E-state index contributed by atoms with van der Waals surface area (Å²) >= 11 is 0. The average Bonchev–Trinajstić information content (AvgIpc) is 2.98. The number of nitrogens with zero attached hydrogens (tertiary/aromatic N) is 3. The third-order valence-electron chi connectivity index (χ3n) is 3.19. The molecule has 2 aromatic rings. The van der Waals surface area contributed by atoms with Crippen LogP contribution in [0.5, 0.6) is 0 Å². The topological polar surface area (TPSA) is 80.5 Å². The molecule has 0 spiro atoms. The lowest BCUT2D eigenvalue weighted by Gasteiger charge is -2.28. The lowest BCUT2D eigenvalue weighted by molar-refractivity contribution is -0.111. The molecule has 7 nitrogen and oxygen atoms in total. The van der Waals surface area contributed by atoms with Crippen LogP contribution in [0.1, 0.15) is 0 Å². The van der Waals surface area contributed by atoms with Crippen molar-refractivity contribution in [2.75, 3.05) is 36.5 Å². The summed E-state index contributed by atoms with van der Waals surface area (Å²) in [5.41, 5.74) is 2.65. The summed E-state index contributed by atoms with van der Waals surface area (Å²) in [6, 6.07) is 3.69. The normalized spacial score (nSPS) is 15.3. The van der Waals surface area contributed by atoms with E-state index in [0.29, 0.717) is 29.9 Å². The Labute approximate surface area is 115 Å². The molecule has 7 heteroatoms. The standard InChI is InChI=1S/C13H14N4O3/c1-2-11(18)14-9-3-4-10(13-12(9)15-20-16-13)17-5-7-19-8-6-17/h2-4H,1,5-8H2,(H,14,18). The van der Waals surface area contributed by atoms with Gasteiger partial charge >= 0.3 is 0 Å². The Morgan fingerprint density at radius 2 is 2.05 bits per heavy atom. The molecule has 0 bridgehead atoms. The zero-order chi connectivity index (χ0) is 13.9. The van der Waals surface area contributed by atoms with Gasteiger partial charge in [0.25, 0.3) is 0 Å². The first kappa shape index (κ1) is 12.6. The molecular weight excluding hydrogens is 260 g/mol. The number of carbonyl (C=O) groups excluding carboxylic acids is 1. The van der Waals surface area contributed by atoms with Gasteiger partial charge in [-0.25, -0.2) is 4.63 Å². The van der Waals surface area contributed by atoms with Crippen LogP contribution in [0.15, 0.2) is 29.4 Å². The van der Waals surface area contributed by atoms with Crippen molar-refractivity contribution in [2.45, 2.75) is 0 Å². The van der Waals surface area contributed by atoms with Crippen molar-refractivity contribution in [3.63, 3.8) is 0 Å². The highest BCUT2D eigenvalue weighted by Gasteiger charge is 2.19. The van der Waals surface area contributed by atoms with Crippen LogP contribution in [-0.4, -0.2) is 42.5 Å². The van der Waals surface area contributed by atoms with E-state index in [0.717, 1.165) is 18.8 Å². The molecule has 0 aliphatic carbocycles. The number of ether oxygens (including phenoxy) is 1. The number of carbonyl (C=O) groups is 1. The number of nitrogens with one attached hydrogen (secondary N) is 1. The summed E-state index contributed by atoms with van der Waals surface area (Å²) in [6.07, 6.45) is 1.20. The number of hydrogen-bond acceptors (Lipinski definition) is 6. The van der Waals surface area contributed by atoms with E-state index in [1.165, 1.54) is 6.08 Å². The third kappa shape index (κ3) is 2.23. The Hall–Kier alpha value is -2.41. The first-order chi connectivity index (χ1) is 9.79. The number of rotatable bonds is 3. The van der Waals surface area contributed by atoms with Gasteiger partial charge in [0, 0.05) is 13.1 Å². The maximum atomic E-state index is 11.4. The van der Waals surface area contributed by atoms with Crippen molar-refractivity contribution in [2.24, 2.45) is 0 Å². The Balaban J connectivity index is 1.99. The molecule has 3 rings (SSSR count). The summed E-state index contributed by atoms with van der Waals surface area (Å²) in [5, 5.41) is 10.5. The second kappa shape index (κ2) is 5.30. The zero-order valence-electron chi connectivity index (χ0n) is 10.8. The van der Waals surface area contributed by atoms with Crippen LogP contribution < -0.4 is 10.2 Å². The van der Waals surface area contributed by atoms with Crippen LogP contribution in [0.4, 0.5) is 11.4 Å². The average molecular weight is 274 g/mol. The van der Waals surface area contributed by atoms with E-state index in [1.54, 1.807) is 6.07 Å². The number of benzene rings is 1. The van der Waals surface area contributed by atoms with Crippen LogP contribution in [0.2, 0.25) is 0 Å². The molecule has 1 aliphatic rings. The fourth-order valence-corrected chi connectivity index (χ4v) is 2.20. The molecule has 1 N–H and O–H groups in total. The molecule has 0 saturated carbocycles. The highest BCUT2D eigenvalue weighted by Crippen LogP contribution is 2.30. The van der Waals surface area contributed by atoms with Gasteiger partial charge < -0.3 is 15.0 Å². The number of anilines is 2. The Kier molecular flexibility index (Phi) is 3.34. The zero-order valence-corrected chi connectivity index (χ0v) is 10.8. The molecule has 1 amide bonds. The molecule has 1 aromatic carbocycles. The van der Waals surface area contributed by atoms with Crippen LogP contribution >= 0.6 is 0 Å². The van der Waals surface area contributed by atoms with Crippen molar-refractivity contribution >= 4 is 28.3 Å². The monoisotopic (exact) mass is 274 g/mol. The number of hydrogen-bond donors (Lipinski definition) is 1. The van der Waals surface area contributed by atoms with Gasteiger partial charge in [-0.05, 0) is 28.5 Å². The van der Waals surface area contributed by atoms with Crippen molar-refractivity contribution in [3.8, 4) is 0 Å². The first-order valence-electron chi connectivity index (χ1n) is 6.31. The van der Waals surface area contributed by atoms with Gasteiger partial charge in [0.2, 0.25) is 5.91 Å². The summed E-state index contributed by atoms with van der Waals surface area (Å²) in [7, 11) is 0. The van der Waals surface area contributed by atoms with Gasteiger partial charge in [-0.3, -0.25) is 4.79 Å². The van der Waals surface area contributed by atoms with Crippen molar-refractivity contribution in [1.29, 1.82) is 0 Å². The van der Waals surface area contributed by atoms with Crippen LogP contribution in [0.3, 0.4) is 0 Å². The minimum absolute atomic E-state index is 0.298. The highest BCUT2D eigenvalue weighted by atomic mass is 16.6. The number of amides is 1. The summed E-state index contributed by atoms with van der Waals surface area (Å²) in [5.74, 6) is -0.298. The van der Waals surface area contributed by atoms with Crippen LogP contribution in [0.25, 0.3) is 11.0 Å². The molecule has 0 unspecified atom stereocenters. The van der Waals surface area contributed by atoms with E-state index in [-0.39, 0.29) is 5.91 Å². The Bertz CT molecular complexity index is 646. The first-order valence-corrected chi connectivity index (χ1v) is 6.31. The predicted octanol–water partition coefficient (Wildman–Crippen LogP) is 1.18. The van der Waals surface area contributed by atoms with Crippen LogP contribution in [0, 0.1) is 0 Å². The molecule has 1 saturated heterocycles. The lowest BCUT2D eigenvalue weighted by atomic mass is 10.2. The molecule has 1 aromatic heterocycles. The van der Waals surface area contributed by atoms with E-state index < -0.39 is 0 Å². The summed E-state index contributed by atoms with van der Waals surface area (Å²) in [6.45, 7) is 6.37. The van der Waals surface area contributed by atoms with Gasteiger partial charge in [-0.2, -0.15) is 0 Å². The maximum Gasteiger partial charge on any atom is 0.247 e. The van der Waals surface area contributed by atoms with Gasteiger partial charge in [-0.15, -0.1) is 0 Å². The van der Waals surface area contributed by atoms with E-state index in [4.69, 9.17) is 9.37 Å². The molecule has 1 aliphatic heterocycles. The van der Waals surface area contributed by atoms with Crippen LogP contribution in [-0.2, 0) is 9.53 Å². The van der Waals surface area contributed by atoms with Crippen molar-refractivity contribution < 1.29 is 14.2 Å². The summed E-state index contributed by atoms with van der Waals surface area (Å²) < 4.78 is 10.2. The Morgan fingerprint density at radius 3 is 2.80 bits per heavy atom. The minimum atomic E-state index is -0.298. The molecule has 2 heterocycles. The third-order valence-corrected chi connectivity index (χ3v) is 3.19. The quantitative estimate of drug-likeness (QED) is 0.847. The van der Waals surface area contributed by atoms with E-state index >= 15 is 0 Å². The number of morpholine rings is 1. The second-order valence-corrected chi connectivity index (χ2v) is 4.39. The fraction of sp³-hybridized carbons (Fsp3) is 0.308. The van der Waals surface area contributed by atoms with Crippen molar-refractivity contribution in [1.82, 2.24) is 10.3 Å². The van der Waals surface area contributed by atoms with Gasteiger partial charge in [0.05, 0.1) is 24.6 Å². The second-order valence-electron chi connectivity index (χ2n) is 4.39. The summed E-state index contributed by atoms with van der Waals surface area (Å²) in [4.78, 5) is 13.6. The van der Waals surface area contributed by atoms with Gasteiger partial charge in [0.15, 0.2) is 11.0 Å². The Morgan fingerprint density at radius 1 is 1.30 bits per heavy atom. The maximum absolute atomic E-state index is 11.4. The fourth-order valence-electron chi connectivity index (χ4n) is 2.20. The van der Waals surface area contributed by atoms with Crippen molar-refractivity contribution in [3.05, 3.63) is 24.8 Å². The van der Waals surface area contributed by atoms with E-state index in [2.05, 4.69) is 27.1 Å². The number of fused-ring (bicyclic) bond motifs is 1. The SMILES string of the molecule is C=CC(=O)Nc1ccc(N2CCOCC2)c2nonc12. The largest absolute Gasteiger partial charge is 0.378 e. The molecular formula is C13H14N4O3. The van der Waals surface area contributed by atoms with Gasteiger partial charge in [0.1, 0.15) is 0 Å². The smallest absolute Gasteiger partial charge is 0.247 e. The molecule has 0 atom stereocenters. The van der Waals surface area contributed by atoms with E-state index in [1.807, 2.05) is 6.07 Å². The lowest BCUT2D eigenvalue weighted by Crippen LogP contribution is -2.36. The predicted molar refractivity (Wildman–Crippen MR) is 73.7 cm³/mol. The molecule has 1 fully saturated rings. The molecule has 20 heavy (non-hydrogen) atoms. The highest BCUT2D eigenvalue weighted by molar-refractivity contribution is 6.06. The van der Waals surface area contributed by atoms with Gasteiger partial charge in [-0.1, -0.05) is 6.58 Å². The van der Waals surface area contributed by atoms with E-state index in [9.17, 15) is 4.79 Å². The number of aromatic nitrogens is 2.